The normalized spacial score (nSPS) is 15.8. The number of likely N-dealkylation sites (tertiary alicyclic amines) is 1. The fraction of sp³-hybridized carbons (Fsp3) is 0.281. The highest BCUT2D eigenvalue weighted by Crippen LogP contribution is 2.47. The lowest BCUT2D eigenvalue weighted by molar-refractivity contribution is 0.103. The van der Waals surface area contributed by atoms with Crippen LogP contribution in [0.4, 0.5) is 4.79 Å². The number of oxime groups is 1. The summed E-state index contributed by atoms with van der Waals surface area (Å²) in [5.41, 5.74) is 5.55. The number of benzene rings is 3. The second-order valence-electron chi connectivity index (χ2n) is 10.0. The molecule has 0 N–H and O–H groups in total. The van der Waals surface area contributed by atoms with E-state index in [2.05, 4.69) is 5.16 Å². The molecule has 0 radical (unpaired) electrons. The molecule has 1 atom stereocenters. The first kappa shape index (κ1) is 27.0. The standard InChI is InChI=1S/C32H29N3O5/c1-20-7-3-4-8-23(20)30(36)21-9-11-24-26(13-16-39-2)25-12-10-22(18-28(25)27(24)17-21)31(37)29(19-33)34-40-32(38)35-14-5-6-15-35/h3-4,7-12,17-18,26H,5-6,13-16H2,1-2H3/b34-29+. The molecule has 202 valence electrons. The molecule has 3 aromatic rings. The van der Waals surface area contributed by atoms with Crippen LogP contribution in [0.25, 0.3) is 11.1 Å². The van der Waals surface area contributed by atoms with E-state index in [1.807, 2.05) is 55.5 Å². The Kier molecular flexibility index (Phi) is 7.85. The third kappa shape index (κ3) is 5.16. The van der Waals surface area contributed by atoms with Gasteiger partial charge >= 0.3 is 6.09 Å². The van der Waals surface area contributed by atoms with Crippen molar-refractivity contribution in [3.05, 3.63) is 94.0 Å². The van der Waals surface area contributed by atoms with Gasteiger partial charge in [-0.3, -0.25) is 14.4 Å². The van der Waals surface area contributed by atoms with E-state index in [9.17, 15) is 19.6 Å². The number of hydrogen-bond acceptors (Lipinski definition) is 7. The molecule has 0 bridgehead atoms. The number of nitrogens with zero attached hydrogens (tertiary/aromatic N) is 3. The average Bonchev–Trinajstić information content (AvgIpc) is 3.62. The molecule has 1 unspecified atom stereocenters. The molecule has 1 heterocycles. The Morgan fingerprint density at radius 2 is 1.62 bits per heavy atom. The van der Waals surface area contributed by atoms with Gasteiger partial charge < -0.3 is 9.64 Å². The Hall–Kier alpha value is -4.61. The van der Waals surface area contributed by atoms with Crippen LogP contribution in [0.3, 0.4) is 0 Å². The van der Waals surface area contributed by atoms with E-state index >= 15 is 0 Å². The topological polar surface area (TPSA) is 109 Å². The van der Waals surface area contributed by atoms with Crippen molar-refractivity contribution in [2.24, 2.45) is 5.16 Å². The first-order chi connectivity index (χ1) is 19.4. The molecule has 8 heteroatoms. The van der Waals surface area contributed by atoms with Gasteiger partial charge in [0.1, 0.15) is 6.07 Å². The second kappa shape index (κ2) is 11.6. The number of amides is 1. The highest BCUT2D eigenvalue weighted by molar-refractivity contribution is 6.51. The molecule has 2 aliphatic rings. The molecule has 0 aromatic heterocycles. The van der Waals surface area contributed by atoms with Crippen LogP contribution < -0.4 is 0 Å². The third-order valence-corrected chi connectivity index (χ3v) is 7.57. The quantitative estimate of drug-likeness (QED) is 0.159. The zero-order valence-corrected chi connectivity index (χ0v) is 22.5. The minimum Gasteiger partial charge on any atom is -0.385 e. The molecule has 1 fully saturated rings. The SMILES string of the molecule is COCCC1c2ccc(C(=O)/C(C#N)=N/OC(=O)N3CCCC3)cc2-c2cc(C(=O)c3ccccc3C)ccc21. The summed E-state index contributed by atoms with van der Waals surface area (Å²) in [5.74, 6) is -0.690. The zero-order valence-electron chi connectivity index (χ0n) is 22.5. The van der Waals surface area contributed by atoms with Crippen molar-refractivity contribution in [1.82, 2.24) is 4.90 Å². The van der Waals surface area contributed by atoms with Crippen molar-refractivity contribution in [1.29, 1.82) is 5.26 Å². The smallest absolute Gasteiger partial charge is 0.385 e. The van der Waals surface area contributed by atoms with Crippen LogP contribution >= 0.6 is 0 Å². The molecular weight excluding hydrogens is 506 g/mol. The molecule has 1 aliphatic carbocycles. The molecule has 40 heavy (non-hydrogen) atoms. The molecular formula is C32H29N3O5. The molecule has 0 saturated carbocycles. The van der Waals surface area contributed by atoms with E-state index in [1.165, 1.54) is 4.90 Å². The number of hydrogen-bond donors (Lipinski definition) is 0. The van der Waals surface area contributed by atoms with Gasteiger partial charge in [-0.1, -0.05) is 53.7 Å². The molecule has 5 rings (SSSR count). The maximum Gasteiger partial charge on any atom is 0.436 e. The molecule has 0 spiro atoms. The summed E-state index contributed by atoms with van der Waals surface area (Å²) >= 11 is 0. The van der Waals surface area contributed by atoms with Gasteiger partial charge in [0, 0.05) is 49.4 Å². The fourth-order valence-electron chi connectivity index (χ4n) is 5.46. The average molecular weight is 536 g/mol. The Balaban J connectivity index is 1.49. The zero-order chi connectivity index (χ0) is 28.2. The number of fused-ring (bicyclic) bond motifs is 3. The van der Waals surface area contributed by atoms with Gasteiger partial charge in [0.15, 0.2) is 5.78 Å². The molecule has 1 saturated heterocycles. The predicted molar refractivity (Wildman–Crippen MR) is 149 cm³/mol. The van der Waals surface area contributed by atoms with E-state index < -0.39 is 17.6 Å². The maximum atomic E-state index is 13.4. The number of rotatable bonds is 8. The molecule has 1 amide bonds. The van der Waals surface area contributed by atoms with Crippen molar-refractivity contribution >= 4 is 23.4 Å². The maximum absolute atomic E-state index is 13.4. The number of methoxy groups -OCH3 is 1. The predicted octanol–water partition coefficient (Wildman–Crippen LogP) is 5.67. The van der Waals surface area contributed by atoms with Gasteiger partial charge in [-0.2, -0.15) is 5.26 Å². The van der Waals surface area contributed by atoms with Crippen LogP contribution in [0.15, 0.2) is 65.8 Å². The summed E-state index contributed by atoms with van der Waals surface area (Å²) in [5, 5.41) is 13.2. The van der Waals surface area contributed by atoms with Crippen molar-refractivity contribution in [3.63, 3.8) is 0 Å². The Morgan fingerprint density at radius 1 is 0.975 bits per heavy atom. The van der Waals surface area contributed by atoms with Crippen LogP contribution in [-0.4, -0.2) is 55.1 Å². The summed E-state index contributed by atoms with van der Waals surface area (Å²) in [6.07, 6.45) is 1.81. The lowest BCUT2D eigenvalue weighted by Gasteiger charge is -2.13. The van der Waals surface area contributed by atoms with E-state index in [1.54, 1.807) is 25.3 Å². The van der Waals surface area contributed by atoms with E-state index in [0.29, 0.717) is 30.8 Å². The number of nitriles is 1. The van der Waals surface area contributed by atoms with Crippen LogP contribution in [0.1, 0.15) is 68.2 Å². The van der Waals surface area contributed by atoms with E-state index in [4.69, 9.17) is 9.57 Å². The lowest BCUT2D eigenvalue weighted by Crippen LogP contribution is -2.27. The van der Waals surface area contributed by atoms with Crippen molar-refractivity contribution in [3.8, 4) is 17.2 Å². The van der Waals surface area contributed by atoms with Crippen molar-refractivity contribution < 1.29 is 24.0 Å². The van der Waals surface area contributed by atoms with Gasteiger partial charge in [-0.25, -0.2) is 4.79 Å². The van der Waals surface area contributed by atoms with Crippen LogP contribution in [0, 0.1) is 18.3 Å². The van der Waals surface area contributed by atoms with E-state index in [0.717, 1.165) is 47.1 Å². The number of ether oxygens (including phenoxy) is 1. The van der Waals surface area contributed by atoms with Crippen LogP contribution in [-0.2, 0) is 9.57 Å². The summed E-state index contributed by atoms with van der Waals surface area (Å²) in [7, 11) is 1.65. The summed E-state index contributed by atoms with van der Waals surface area (Å²) < 4.78 is 5.35. The monoisotopic (exact) mass is 535 g/mol. The van der Waals surface area contributed by atoms with Gasteiger partial charge in [-0.05, 0) is 66.1 Å². The van der Waals surface area contributed by atoms with Gasteiger partial charge in [0.25, 0.3) is 0 Å². The molecule has 8 nitrogen and oxygen atoms in total. The number of aryl methyl sites for hydroxylation is 1. The highest BCUT2D eigenvalue weighted by atomic mass is 16.7. The molecule has 1 aliphatic heterocycles. The Bertz CT molecular complexity index is 1560. The van der Waals surface area contributed by atoms with Gasteiger partial charge in [0.05, 0.1) is 0 Å². The van der Waals surface area contributed by atoms with Crippen molar-refractivity contribution in [2.75, 3.05) is 26.8 Å². The van der Waals surface area contributed by atoms with Crippen LogP contribution in [0.5, 0.6) is 0 Å². The summed E-state index contributed by atoms with van der Waals surface area (Å²) in [4.78, 5) is 45.2. The van der Waals surface area contributed by atoms with Gasteiger partial charge in [0.2, 0.25) is 11.5 Å². The summed E-state index contributed by atoms with van der Waals surface area (Å²) in [6, 6.07) is 20.2. The molecule has 3 aromatic carbocycles. The van der Waals surface area contributed by atoms with Gasteiger partial charge in [-0.15, -0.1) is 0 Å². The van der Waals surface area contributed by atoms with E-state index in [-0.39, 0.29) is 17.3 Å². The first-order valence-corrected chi connectivity index (χ1v) is 13.3. The lowest BCUT2D eigenvalue weighted by atomic mass is 9.92. The number of carbonyl (C=O) groups is 3. The minimum atomic E-state index is -0.673. The summed E-state index contributed by atoms with van der Waals surface area (Å²) in [6.45, 7) is 3.58. The minimum absolute atomic E-state index is 0.0298. The second-order valence-corrected chi connectivity index (χ2v) is 10.0. The fourth-order valence-corrected chi connectivity index (χ4v) is 5.46. The van der Waals surface area contributed by atoms with Crippen molar-refractivity contribution in [2.45, 2.75) is 32.1 Å². The first-order valence-electron chi connectivity index (χ1n) is 13.3. The third-order valence-electron chi connectivity index (χ3n) is 7.57. The largest absolute Gasteiger partial charge is 0.436 e. The number of carbonyl (C=O) groups excluding carboxylic acids is 3. The number of ketones is 2. The number of Topliss-reactive ketones (excluding diaryl/α,β-unsaturated/α-hetero) is 1. The van der Waals surface area contributed by atoms with Crippen LogP contribution in [0.2, 0.25) is 0 Å². The Labute approximate surface area is 232 Å². The Morgan fingerprint density at radius 3 is 2.27 bits per heavy atom. The highest BCUT2D eigenvalue weighted by Gasteiger charge is 2.31.